The predicted octanol–water partition coefficient (Wildman–Crippen LogP) is 3.63. The van der Waals surface area contributed by atoms with E-state index in [-0.39, 0.29) is 0 Å². The molecule has 0 radical (unpaired) electrons. The zero-order valence-corrected chi connectivity index (χ0v) is 12.3. The van der Waals surface area contributed by atoms with E-state index in [1.165, 1.54) is 17.5 Å². The predicted molar refractivity (Wildman–Crippen MR) is 79.7 cm³/mol. The molecule has 0 saturated carbocycles. The fraction of sp³-hybridized carbons (Fsp3) is 0.375. The van der Waals surface area contributed by atoms with Crippen molar-refractivity contribution in [2.75, 3.05) is 6.54 Å². The van der Waals surface area contributed by atoms with Crippen molar-refractivity contribution in [3.8, 4) is 5.75 Å². The van der Waals surface area contributed by atoms with Crippen molar-refractivity contribution in [3.63, 3.8) is 0 Å². The summed E-state index contributed by atoms with van der Waals surface area (Å²) in [6.07, 6.45) is 1.17. The fourth-order valence-corrected chi connectivity index (χ4v) is 3.73. The van der Waals surface area contributed by atoms with Crippen molar-refractivity contribution in [1.29, 1.82) is 0 Å². The van der Waals surface area contributed by atoms with Gasteiger partial charge in [0.05, 0.1) is 0 Å². The molecule has 0 spiro atoms. The van der Waals surface area contributed by atoms with Crippen LogP contribution >= 0.6 is 11.3 Å². The number of aromatic hydroxyl groups is 1. The third kappa shape index (κ3) is 2.53. The highest BCUT2D eigenvalue weighted by atomic mass is 32.1. The van der Waals surface area contributed by atoms with E-state index >= 15 is 0 Å². The molecule has 2 heterocycles. The molecular weight excluding hydrogens is 254 g/mol. The summed E-state index contributed by atoms with van der Waals surface area (Å²) in [5, 5.41) is 12.0. The second-order valence-electron chi connectivity index (χ2n) is 5.41. The first-order valence-electron chi connectivity index (χ1n) is 6.70. The van der Waals surface area contributed by atoms with Crippen LogP contribution in [0.3, 0.4) is 0 Å². The van der Waals surface area contributed by atoms with E-state index in [1.54, 1.807) is 4.88 Å². The van der Waals surface area contributed by atoms with Gasteiger partial charge in [-0.25, -0.2) is 0 Å². The third-order valence-electron chi connectivity index (χ3n) is 3.84. The SMILES string of the molecule is Cc1cc(CN2CCc3sccc3C2)cc(C)c1O. The lowest BCUT2D eigenvalue weighted by atomic mass is 10.0. The normalized spacial score (nSPS) is 15.5. The van der Waals surface area contributed by atoms with Gasteiger partial charge in [-0.3, -0.25) is 4.90 Å². The molecule has 100 valence electrons. The molecule has 0 amide bonds. The van der Waals surface area contributed by atoms with Crippen LogP contribution in [0.4, 0.5) is 0 Å². The van der Waals surface area contributed by atoms with Crippen LogP contribution in [0.5, 0.6) is 5.75 Å². The largest absolute Gasteiger partial charge is 0.507 e. The van der Waals surface area contributed by atoms with Gasteiger partial charge in [0.2, 0.25) is 0 Å². The zero-order valence-electron chi connectivity index (χ0n) is 11.4. The molecule has 1 aromatic heterocycles. The molecule has 1 aromatic carbocycles. The minimum absolute atomic E-state index is 0.433. The van der Waals surface area contributed by atoms with Crippen LogP contribution < -0.4 is 0 Å². The molecule has 19 heavy (non-hydrogen) atoms. The molecule has 2 aromatic rings. The topological polar surface area (TPSA) is 23.5 Å². The lowest BCUT2D eigenvalue weighted by molar-refractivity contribution is 0.247. The number of rotatable bonds is 2. The Labute approximate surface area is 118 Å². The average molecular weight is 273 g/mol. The summed E-state index contributed by atoms with van der Waals surface area (Å²) >= 11 is 1.88. The minimum Gasteiger partial charge on any atom is -0.507 e. The number of hydrogen-bond acceptors (Lipinski definition) is 3. The van der Waals surface area contributed by atoms with Gasteiger partial charge in [0.25, 0.3) is 0 Å². The molecule has 0 aliphatic carbocycles. The number of nitrogens with zero attached hydrogens (tertiary/aromatic N) is 1. The summed E-state index contributed by atoms with van der Waals surface area (Å²) < 4.78 is 0. The molecule has 0 unspecified atom stereocenters. The standard InChI is InChI=1S/C16H19NOS/c1-11-7-13(8-12(2)16(11)18)9-17-5-3-15-14(10-17)4-6-19-15/h4,6-8,18H,3,5,9-10H2,1-2H3. The van der Waals surface area contributed by atoms with Gasteiger partial charge in [-0.1, -0.05) is 12.1 Å². The van der Waals surface area contributed by atoms with Crippen LogP contribution in [0.2, 0.25) is 0 Å². The number of phenolic OH excluding ortho intramolecular Hbond substituents is 1. The van der Waals surface area contributed by atoms with Gasteiger partial charge in [0.15, 0.2) is 0 Å². The first-order valence-corrected chi connectivity index (χ1v) is 7.58. The Bertz CT molecular complexity index is 580. The third-order valence-corrected chi connectivity index (χ3v) is 4.87. The quantitative estimate of drug-likeness (QED) is 0.903. The van der Waals surface area contributed by atoms with E-state index in [9.17, 15) is 5.11 Å². The van der Waals surface area contributed by atoms with Crippen LogP contribution in [0, 0.1) is 13.8 Å². The maximum atomic E-state index is 9.83. The van der Waals surface area contributed by atoms with Gasteiger partial charge >= 0.3 is 0 Å². The molecule has 1 N–H and O–H groups in total. The molecule has 2 nitrogen and oxygen atoms in total. The highest BCUT2D eigenvalue weighted by molar-refractivity contribution is 7.10. The zero-order chi connectivity index (χ0) is 13.4. The van der Waals surface area contributed by atoms with Crippen LogP contribution in [0.25, 0.3) is 0 Å². The molecule has 3 rings (SSSR count). The highest BCUT2D eigenvalue weighted by Gasteiger charge is 2.17. The van der Waals surface area contributed by atoms with Gasteiger partial charge in [-0.2, -0.15) is 0 Å². The van der Waals surface area contributed by atoms with Crippen molar-refractivity contribution in [2.24, 2.45) is 0 Å². The van der Waals surface area contributed by atoms with Crippen LogP contribution in [-0.2, 0) is 19.5 Å². The number of benzene rings is 1. The molecular formula is C16H19NOS. The number of fused-ring (bicyclic) bond motifs is 1. The van der Waals surface area contributed by atoms with Crippen LogP contribution in [-0.4, -0.2) is 16.6 Å². The maximum Gasteiger partial charge on any atom is 0.121 e. The van der Waals surface area contributed by atoms with E-state index in [2.05, 4.69) is 28.5 Å². The van der Waals surface area contributed by atoms with Crippen LogP contribution in [0.15, 0.2) is 23.6 Å². The number of hydrogen-bond donors (Lipinski definition) is 1. The Balaban J connectivity index is 1.76. The van der Waals surface area contributed by atoms with Gasteiger partial charge in [0, 0.05) is 24.5 Å². The Hall–Kier alpha value is -1.32. The van der Waals surface area contributed by atoms with Crippen molar-refractivity contribution >= 4 is 11.3 Å². The molecule has 3 heteroatoms. The van der Waals surface area contributed by atoms with Crippen molar-refractivity contribution in [2.45, 2.75) is 33.4 Å². The summed E-state index contributed by atoms with van der Waals surface area (Å²) in [6, 6.07) is 6.45. The Morgan fingerprint density at radius 1 is 1.26 bits per heavy atom. The Morgan fingerprint density at radius 3 is 2.74 bits per heavy atom. The van der Waals surface area contributed by atoms with Gasteiger partial charge in [0.1, 0.15) is 5.75 Å². The second kappa shape index (κ2) is 4.99. The molecule has 0 bridgehead atoms. The van der Waals surface area contributed by atoms with Gasteiger partial charge < -0.3 is 5.11 Å². The summed E-state index contributed by atoms with van der Waals surface area (Å²) in [7, 11) is 0. The van der Waals surface area contributed by atoms with E-state index in [1.807, 2.05) is 25.2 Å². The fourth-order valence-electron chi connectivity index (χ4n) is 2.84. The Kier molecular flexibility index (Phi) is 3.33. The second-order valence-corrected chi connectivity index (χ2v) is 6.41. The molecule has 0 atom stereocenters. The van der Waals surface area contributed by atoms with Gasteiger partial charge in [-0.15, -0.1) is 11.3 Å². The van der Waals surface area contributed by atoms with Crippen LogP contribution in [0.1, 0.15) is 27.1 Å². The summed E-state index contributed by atoms with van der Waals surface area (Å²) in [5.74, 6) is 0.433. The highest BCUT2D eigenvalue weighted by Crippen LogP contribution is 2.27. The van der Waals surface area contributed by atoms with Crippen molar-refractivity contribution in [1.82, 2.24) is 4.90 Å². The molecule has 0 saturated heterocycles. The van der Waals surface area contributed by atoms with Gasteiger partial charge in [-0.05, 0) is 54.0 Å². The lowest BCUT2D eigenvalue weighted by Gasteiger charge is -2.27. The average Bonchev–Trinajstić information content (AvgIpc) is 2.83. The van der Waals surface area contributed by atoms with E-state index in [0.717, 1.165) is 30.8 Å². The first-order chi connectivity index (χ1) is 9.13. The van der Waals surface area contributed by atoms with Crippen molar-refractivity contribution in [3.05, 3.63) is 50.7 Å². The summed E-state index contributed by atoms with van der Waals surface area (Å²) in [4.78, 5) is 4.04. The summed E-state index contributed by atoms with van der Waals surface area (Å²) in [5.41, 5.74) is 4.74. The Morgan fingerprint density at radius 2 is 2.00 bits per heavy atom. The number of phenols is 1. The summed E-state index contributed by atoms with van der Waals surface area (Å²) in [6.45, 7) is 7.10. The molecule has 1 aliphatic rings. The number of thiophene rings is 1. The van der Waals surface area contributed by atoms with E-state index in [4.69, 9.17) is 0 Å². The number of aryl methyl sites for hydroxylation is 2. The van der Waals surface area contributed by atoms with E-state index < -0.39 is 0 Å². The van der Waals surface area contributed by atoms with E-state index in [0.29, 0.717) is 5.75 Å². The molecule has 0 fully saturated rings. The molecule has 1 aliphatic heterocycles. The van der Waals surface area contributed by atoms with Crippen molar-refractivity contribution < 1.29 is 5.11 Å². The monoisotopic (exact) mass is 273 g/mol. The maximum absolute atomic E-state index is 9.83. The smallest absolute Gasteiger partial charge is 0.121 e. The first kappa shape index (κ1) is 12.7. The lowest BCUT2D eigenvalue weighted by Crippen LogP contribution is -2.29. The minimum atomic E-state index is 0.433.